The van der Waals surface area contributed by atoms with Crippen LogP contribution in [0.5, 0.6) is 0 Å². The van der Waals surface area contributed by atoms with E-state index in [-0.39, 0.29) is 11.9 Å². The highest BCUT2D eigenvalue weighted by Crippen LogP contribution is 2.14. The van der Waals surface area contributed by atoms with Gasteiger partial charge in [0.15, 0.2) is 0 Å². The maximum atomic E-state index is 12.2. The molecule has 0 aromatic rings. The number of nitrogens with one attached hydrogen (secondary N) is 1. The maximum Gasteiger partial charge on any atom is 0.239 e. The first-order chi connectivity index (χ1) is 8.52. The van der Waals surface area contributed by atoms with Crippen LogP contribution in [0.1, 0.15) is 52.9 Å². The highest BCUT2D eigenvalue weighted by Gasteiger charge is 2.26. The summed E-state index contributed by atoms with van der Waals surface area (Å²) in [7, 11) is 0. The van der Waals surface area contributed by atoms with Gasteiger partial charge in [0.1, 0.15) is 0 Å². The second-order valence-electron chi connectivity index (χ2n) is 5.42. The average molecular weight is 256 g/mol. The zero-order valence-electron chi connectivity index (χ0n) is 12.0. The van der Waals surface area contributed by atoms with Crippen molar-refractivity contribution in [3.63, 3.8) is 0 Å². The number of aliphatic hydroxyl groups is 1. The lowest BCUT2D eigenvalue weighted by Crippen LogP contribution is -2.50. The van der Waals surface area contributed by atoms with Crippen LogP contribution >= 0.6 is 0 Å². The van der Waals surface area contributed by atoms with Gasteiger partial charge in [-0.1, -0.05) is 13.8 Å². The number of nitrogens with zero attached hydrogens (tertiary/aromatic N) is 1. The van der Waals surface area contributed by atoms with Gasteiger partial charge in [-0.2, -0.15) is 0 Å². The Labute approximate surface area is 111 Å². The molecular formula is C14H28N2O2. The summed E-state index contributed by atoms with van der Waals surface area (Å²) in [6, 6.07) is -0.201. The van der Waals surface area contributed by atoms with E-state index in [1.165, 1.54) is 6.42 Å². The first-order valence-electron chi connectivity index (χ1n) is 7.27. The minimum atomic E-state index is -0.684. The van der Waals surface area contributed by atoms with Crippen molar-refractivity contribution >= 4 is 5.91 Å². The fourth-order valence-electron chi connectivity index (χ4n) is 2.32. The molecule has 1 heterocycles. The van der Waals surface area contributed by atoms with E-state index < -0.39 is 5.60 Å². The molecule has 0 aliphatic carbocycles. The highest BCUT2D eigenvalue weighted by atomic mass is 16.3. The lowest BCUT2D eigenvalue weighted by atomic mass is 9.97. The lowest BCUT2D eigenvalue weighted by molar-refractivity contribution is -0.134. The largest absolute Gasteiger partial charge is 0.389 e. The van der Waals surface area contributed by atoms with Gasteiger partial charge in [-0.25, -0.2) is 0 Å². The van der Waals surface area contributed by atoms with Gasteiger partial charge in [0, 0.05) is 19.6 Å². The molecule has 0 aromatic heterocycles. The summed E-state index contributed by atoms with van der Waals surface area (Å²) in [5, 5.41) is 13.4. The van der Waals surface area contributed by atoms with Crippen molar-refractivity contribution in [3.8, 4) is 0 Å². The molecule has 1 fully saturated rings. The number of hydrogen-bond acceptors (Lipinski definition) is 3. The number of carbonyl (C=O) groups is 1. The molecule has 106 valence electrons. The van der Waals surface area contributed by atoms with E-state index in [9.17, 15) is 9.90 Å². The van der Waals surface area contributed by atoms with E-state index >= 15 is 0 Å². The molecule has 4 nitrogen and oxygen atoms in total. The third kappa shape index (κ3) is 4.25. The van der Waals surface area contributed by atoms with Gasteiger partial charge in [0.05, 0.1) is 11.6 Å². The number of hydrogen-bond donors (Lipinski definition) is 2. The Kier molecular flexibility index (Phi) is 6.09. The molecule has 1 aliphatic rings. The number of rotatable bonds is 6. The highest BCUT2D eigenvalue weighted by molar-refractivity contribution is 5.81. The summed E-state index contributed by atoms with van der Waals surface area (Å²) in [6.45, 7) is 8.10. The standard InChI is InChI=1S/C14H28N2O2/c1-4-14(18,5-2)11-15-12(3)13(17)16-9-7-6-8-10-16/h12,15,18H,4-11H2,1-3H3. The number of likely N-dealkylation sites (tertiary alicyclic amines) is 1. The summed E-state index contributed by atoms with van der Waals surface area (Å²) in [5.74, 6) is 0.171. The Morgan fingerprint density at radius 1 is 1.28 bits per heavy atom. The van der Waals surface area contributed by atoms with Crippen LogP contribution in [0, 0.1) is 0 Å². The molecule has 0 aromatic carbocycles. The second kappa shape index (κ2) is 7.10. The minimum absolute atomic E-state index is 0.171. The van der Waals surface area contributed by atoms with Crippen molar-refractivity contribution in [1.29, 1.82) is 0 Å². The van der Waals surface area contributed by atoms with Crippen molar-refractivity contribution in [2.45, 2.75) is 64.5 Å². The van der Waals surface area contributed by atoms with Gasteiger partial charge in [-0.15, -0.1) is 0 Å². The minimum Gasteiger partial charge on any atom is -0.389 e. The quantitative estimate of drug-likeness (QED) is 0.758. The zero-order chi connectivity index (χ0) is 13.6. The molecule has 1 saturated heterocycles. The molecule has 1 amide bonds. The normalized spacial score (nSPS) is 18.8. The smallest absolute Gasteiger partial charge is 0.239 e. The molecule has 1 rings (SSSR count). The van der Waals surface area contributed by atoms with E-state index in [1.807, 2.05) is 25.7 Å². The van der Waals surface area contributed by atoms with Crippen LogP contribution in [0.4, 0.5) is 0 Å². The Balaban J connectivity index is 2.39. The fourth-order valence-corrected chi connectivity index (χ4v) is 2.32. The second-order valence-corrected chi connectivity index (χ2v) is 5.42. The van der Waals surface area contributed by atoms with Crippen LogP contribution in [0.15, 0.2) is 0 Å². The predicted molar refractivity (Wildman–Crippen MR) is 73.4 cm³/mol. The summed E-state index contributed by atoms with van der Waals surface area (Å²) in [5.41, 5.74) is -0.684. The molecule has 2 N–H and O–H groups in total. The van der Waals surface area contributed by atoms with E-state index in [0.717, 1.165) is 25.9 Å². The third-order valence-corrected chi connectivity index (χ3v) is 4.09. The van der Waals surface area contributed by atoms with Gasteiger partial charge in [0.25, 0.3) is 0 Å². The SMILES string of the molecule is CCC(O)(CC)CNC(C)C(=O)N1CCCCC1. The first-order valence-corrected chi connectivity index (χ1v) is 7.27. The van der Waals surface area contributed by atoms with Crippen LogP contribution < -0.4 is 5.32 Å². The molecule has 4 heteroatoms. The summed E-state index contributed by atoms with van der Waals surface area (Å²) < 4.78 is 0. The van der Waals surface area contributed by atoms with Crippen LogP contribution in [-0.4, -0.2) is 47.2 Å². The molecular weight excluding hydrogens is 228 g/mol. The van der Waals surface area contributed by atoms with Crippen molar-refractivity contribution < 1.29 is 9.90 Å². The van der Waals surface area contributed by atoms with Crippen molar-refractivity contribution in [1.82, 2.24) is 10.2 Å². The third-order valence-electron chi connectivity index (χ3n) is 4.09. The van der Waals surface area contributed by atoms with Crippen molar-refractivity contribution in [2.75, 3.05) is 19.6 Å². The Morgan fingerprint density at radius 3 is 2.33 bits per heavy atom. The van der Waals surface area contributed by atoms with Crippen LogP contribution in [0.25, 0.3) is 0 Å². The number of piperidine rings is 1. The Hall–Kier alpha value is -0.610. The fraction of sp³-hybridized carbons (Fsp3) is 0.929. The summed E-state index contributed by atoms with van der Waals surface area (Å²) in [4.78, 5) is 14.1. The molecule has 0 bridgehead atoms. The molecule has 0 saturated carbocycles. The van der Waals surface area contributed by atoms with Gasteiger partial charge in [-0.05, 0) is 39.0 Å². The van der Waals surface area contributed by atoms with E-state index in [1.54, 1.807) is 0 Å². The lowest BCUT2D eigenvalue weighted by Gasteiger charge is -2.32. The van der Waals surface area contributed by atoms with Crippen LogP contribution in [0.2, 0.25) is 0 Å². The van der Waals surface area contributed by atoms with Gasteiger partial charge < -0.3 is 15.3 Å². The summed E-state index contributed by atoms with van der Waals surface area (Å²) in [6.07, 6.45) is 4.89. The predicted octanol–water partition coefficient (Wildman–Crippen LogP) is 1.53. The van der Waals surface area contributed by atoms with Crippen LogP contribution in [-0.2, 0) is 4.79 Å². The summed E-state index contributed by atoms with van der Waals surface area (Å²) >= 11 is 0. The molecule has 18 heavy (non-hydrogen) atoms. The monoisotopic (exact) mass is 256 g/mol. The van der Waals surface area contributed by atoms with Crippen molar-refractivity contribution in [2.24, 2.45) is 0 Å². The Bertz CT molecular complexity index is 259. The molecule has 1 aliphatic heterocycles. The molecule has 1 atom stereocenters. The molecule has 0 radical (unpaired) electrons. The Morgan fingerprint density at radius 2 is 1.83 bits per heavy atom. The first kappa shape index (κ1) is 15.4. The maximum absolute atomic E-state index is 12.2. The number of amides is 1. The topological polar surface area (TPSA) is 52.6 Å². The molecule has 0 spiro atoms. The number of carbonyl (C=O) groups excluding carboxylic acids is 1. The van der Waals surface area contributed by atoms with E-state index in [2.05, 4.69) is 5.32 Å². The molecule has 1 unspecified atom stereocenters. The average Bonchev–Trinajstić information content (AvgIpc) is 2.44. The van der Waals surface area contributed by atoms with Gasteiger partial charge in [-0.3, -0.25) is 4.79 Å². The van der Waals surface area contributed by atoms with Gasteiger partial charge >= 0.3 is 0 Å². The van der Waals surface area contributed by atoms with Gasteiger partial charge in [0.2, 0.25) is 5.91 Å². The van der Waals surface area contributed by atoms with Crippen molar-refractivity contribution in [3.05, 3.63) is 0 Å². The van der Waals surface area contributed by atoms with E-state index in [4.69, 9.17) is 0 Å². The zero-order valence-corrected chi connectivity index (χ0v) is 12.0. The van der Waals surface area contributed by atoms with E-state index in [0.29, 0.717) is 19.4 Å². The van der Waals surface area contributed by atoms with Crippen LogP contribution in [0.3, 0.4) is 0 Å².